The molecule has 0 radical (unpaired) electrons. The number of ketones is 1. The number of unbranched alkanes of at least 4 members (excludes halogenated alkanes) is 13. The van der Waals surface area contributed by atoms with Crippen LogP contribution in [-0.4, -0.2) is 46.4 Å². The molecule has 0 saturated carbocycles. The smallest absolute Gasteiger partial charge is 0.320 e. The molecular formula is C28H52N2O6. The van der Waals surface area contributed by atoms with Crippen LogP contribution in [0, 0.1) is 5.92 Å². The molecule has 0 aliphatic heterocycles. The average molecular weight is 513 g/mol. The molecule has 0 aliphatic rings. The Morgan fingerprint density at radius 3 is 1.69 bits per heavy atom. The summed E-state index contributed by atoms with van der Waals surface area (Å²) < 4.78 is 0. The number of Topliss-reactive ketones (excluding diaryl/α,β-unsaturated/α-hetero) is 1. The maximum Gasteiger partial charge on any atom is 0.320 e. The van der Waals surface area contributed by atoms with Gasteiger partial charge in [0, 0.05) is 25.8 Å². The highest BCUT2D eigenvalue weighted by atomic mass is 16.4. The Bertz CT molecular complexity index is 611. The Hall–Kier alpha value is -1.96. The van der Waals surface area contributed by atoms with E-state index in [0.717, 1.165) is 19.3 Å². The summed E-state index contributed by atoms with van der Waals surface area (Å²) in [4.78, 5) is 46.4. The lowest BCUT2D eigenvalue weighted by Gasteiger charge is -2.12. The monoisotopic (exact) mass is 512 g/mol. The highest BCUT2D eigenvalue weighted by Gasteiger charge is 2.22. The fraction of sp³-hybridized carbons (Fsp3) is 0.857. The van der Waals surface area contributed by atoms with E-state index in [1.807, 2.05) is 0 Å². The minimum Gasteiger partial charge on any atom is -0.481 e. The fourth-order valence-corrected chi connectivity index (χ4v) is 4.26. The fourth-order valence-electron chi connectivity index (χ4n) is 4.26. The van der Waals surface area contributed by atoms with Gasteiger partial charge in [0.25, 0.3) is 0 Å². The molecule has 2 atom stereocenters. The number of amides is 1. The van der Waals surface area contributed by atoms with Crippen LogP contribution in [0.1, 0.15) is 135 Å². The van der Waals surface area contributed by atoms with Crippen LogP contribution in [0.5, 0.6) is 0 Å². The van der Waals surface area contributed by atoms with E-state index in [-0.39, 0.29) is 31.0 Å². The third-order valence-corrected chi connectivity index (χ3v) is 6.68. The van der Waals surface area contributed by atoms with Crippen LogP contribution in [0.4, 0.5) is 0 Å². The van der Waals surface area contributed by atoms with Crippen molar-refractivity contribution in [3.05, 3.63) is 0 Å². The molecule has 0 spiro atoms. The second-order valence-corrected chi connectivity index (χ2v) is 10.1. The number of nitrogens with two attached hydrogens (primary N) is 1. The van der Waals surface area contributed by atoms with Gasteiger partial charge in [0.2, 0.25) is 5.91 Å². The largest absolute Gasteiger partial charge is 0.481 e. The highest BCUT2D eigenvalue weighted by molar-refractivity contribution is 5.84. The SMILES string of the molecule is CCCCCCCCCCCCCCCC(=O)C[C@@H](CCC(=O)NCCCC[C@H](N)C(=O)O)C(=O)O. The molecule has 0 aromatic heterocycles. The number of carbonyl (C=O) groups is 4. The minimum absolute atomic E-state index is 0.0199. The Morgan fingerprint density at radius 1 is 0.667 bits per heavy atom. The van der Waals surface area contributed by atoms with Crippen molar-refractivity contribution in [3.63, 3.8) is 0 Å². The summed E-state index contributed by atoms with van der Waals surface area (Å²) in [5, 5.41) is 20.9. The maximum absolute atomic E-state index is 12.2. The molecule has 0 aliphatic carbocycles. The van der Waals surface area contributed by atoms with Gasteiger partial charge in [-0.3, -0.25) is 19.2 Å². The molecule has 0 bridgehead atoms. The van der Waals surface area contributed by atoms with Crippen LogP contribution in [0.25, 0.3) is 0 Å². The molecule has 0 aromatic rings. The highest BCUT2D eigenvalue weighted by Crippen LogP contribution is 2.16. The molecular weight excluding hydrogens is 460 g/mol. The second kappa shape index (κ2) is 23.4. The molecule has 36 heavy (non-hydrogen) atoms. The van der Waals surface area contributed by atoms with Crippen molar-refractivity contribution in [2.75, 3.05) is 6.54 Å². The van der Waals surface area contributed by atoms with Gasteiger partial charge in [-0.1, -0.05) is 84.0 Å². The zero-order chi connectivity index (χ0) is 27.0. The Morgan fingerprint density at radius 2 is 1.19 bits per heavy atom. The summed E-state index contributed by atoms with van der Waals surface area (Å²) in [6.45, 7) is 2.63. The van der Waals surface area contributed by atoms with Crippen molar-refractivity contribution < 1.29 is 29.4 Å². The van der Waals surface area contributed by atoms with Crippen molar-refractivity contribution in [3.8, 4) is 0 Å². The number of carbonyl (C=O) groups excluding carboxylic acids is 2. The van der Waals surface area contributed by atoms with E-state index in [9.17, 15) is 24.3 Å². The number of rotatable bonds is 26. The van der Waals surface area contributed by atoms with E-state index >= 15 is 0 Å². The predicted octanol–water partition coefficient (Wildman–Crippen LogP) is 5.61. The van der Waals surface area contributed by atoms with Crippen LogP contribution < -0.4 is 11.1 Å². The molecule has 5 N–H and O–H groups in total. The van der Waals surface area contributed by atoms with E-state index in [1.165, 1.54) is 64.2 Å². The third kappa shape index (κ3) is 21.3. The first kappa shape index (κ1) is 34.0. The normalized spacial score (nSPS) is 12.7. The lowest BCUT2D eigenvalue weighted by atomic mass is 9.94. The second-order valence-electron chi connectivity index (χ2n) is 10.1. The molecule has 0 unspecified atom stereocenters. The van der Waals surface area contributed by atoms with Gasteiger partial charge in [-0.2, -0.15) is 0 Å². The summed E-state index contributed by atoms with van der Waals surface area (Å²) in [5.41, 5.74) is 5.42. The lowest BCUT2D eigenvalue weighted by molar-refractivity contribution is -0.144. The number of carboxylic acids is 2. The minimum atomic E-state index is -1.04. The average Bonchev–Trinajstić information content (AvgIpc) is 2.83. The number of nitrogens with one attached hydrogen (secondary N) is 1. The van der Waals surface area contributed by atoms with Gasteiger partial charge < -0.3 is 21.3 Å². The Labute approximate surface area is 218 Å². The number of carboxylic acid groups (broad SMARTS) is 2. The molecule has 0 fully saturated rings. The summed E-state index contributed by atoms with van der Waals surface area (Å²) in [6.07, 6.45) is 18.2. The molecule has 0 heterocycles. The quantitative estimate of drug-likeness (QED) is 0.110. The first-order chi connectivity index (χ1) is 17.3. The molecule has 8 nitrogen and oxygen atoms in total. The van der Waals surface area contributed by atoms with Gasteiger partial charge >= 0.3 is 11.9 Å². The van der Waals surface area contributed by atoms with Gasteiger partial charge in [-0.25, -0.2) is 0 Å². The molecule has 210 valence electrons. The lowest BCUT2D eigenvalue weighted by Crippen LogP contribution is -2.30. The first-order valence-electron chi connectivity index (χ1n) is 14.3. The van der Waals surface area contributed by atoms with E-state index in [2.05, 4.69) is 12.2 Å². The molecule has 0 saturated heterocycles. The number of hydrogen-bond acceptors (Lipinski definition) is 5. The van der Waals surface area contributed by atoms with Gasteiger partial charge in [0.1, 0.15) is 11.8 Å². The Kier molecular flexibility index (Phi) is 22.2. The predicted molar refractivity (Wildman–Crippen MR) is 143 cm³/mol. The van der Waals surface area contributed by atoms with E-state index in [4.69, 9.17) is 10.8 Å². The summed E-state index contributed by atoms with van der Waals surface area (Å²) in [7, 11) is 0. The summed E-state index contributed by atoms with van der Waals surface area (Å²) in [6, 6.07) is -0.894. The Balaban J connectivity index is 3.78. The standard InChI is InChI=1S/C28H52N2O6/c1-2-3-4-5-6-7-8-9-10-11-12-13-14-17-24(31)22-23(27(33)34)19-20-26(32)30-21-16-15-18-25(29)28(35)36/h23,25H,2-22,29H2,1H3,(H,30,32)(H,33,34)(H,35,36)/t23-,25+/m1/s1. The molecule has 0 aromatic carbocycles. The van der Waals surface area contributed by atoms with Crippen molar-refractivity contribution in [2.24, 2.45) is 11.7 Å². The summed E-state index contributed by atoms with van der Waals surface area (Å²) >= 11 is 0. The van der Waals surface area contributed by atoms with Crippen molar-refractivity contribution in [1.82, 2.24) is 5.32 Å². The maximum atomic E-state index is 12.2. The van der Waals surface area contributed by atoms with Gasteiger partial charge in [0.05, 0.1) is 5.92 Å². The van der Waals surface area contributed by atoms with Gasteiger partial charge in [-0.05, 0) is 32.1 Å². The number of aliphatic carboxylic acids is 2. The van der Waals surface area contributed by atoms with Crippen molar-refractivity contribution >= 4 is 23.6 Å². The van der Waals surface area contributed by atoms with Gasteiger partial charge in [0.15, 0.2) is 0 Å². The topological polar surface area (TPSA) is 147 Å². The molecule has 0 rings (SSSR count). The van der Waals surface area contributed by atoms with Crippen molar-refractivity contribution in [2.45, 2.75) is 141 Å². The zero-order valence-electron chi connectivity index (χ0n) is 22.6. The van der Waals surface area contributed by atoms with E-state index < -0.39 is 23.9 Å². The summed E-state index contributed by atoms with van der Waals surface area (Å²) in [5.74, 6) is -3.21. The van der Waals surface area contributed by atoms with Crippen LogP contribution >= 0.6 is 0 Å². The van der Waals surface area contributed by atoms with Crippen LogP contribution in [-0.2, 0) is 19.2 Å². The third-order valence-electron chi connectivity index (χ3n) is 6.68. The first-order valence-corrected chi connectivity index (χ1v) is 14.3. The zero-order valence-corrected chi connectivity index (χ0v) is 22.6. The van der Waals surface area contributed by atoms with Crippen molar-refractivity contribution in [1.29, 1.82) is 0 Å². The van der Waals surface area contributed by atoms with Crippen LogP contribution in [0.3, 0.4) is 0 Å². The molecule has 8 heteroatoms. The van der Waals surface area contributed by atoms with Crippen LogP contribution in [0.2, 0.25) is 0 Å². The van der Waals surface area contributed by atoms with E-state index in [1.54, 1.807) is 0 Å². The van der Waals surface area contributed by atoms with Crippen LogP contribution in [0.15, 0.2) is 0 Å². The van der Waals surface area contributed by atoms with E-state index in [0.29, 0.717) is 32.2 Å². The van der Waals surface area contributed by atoms with Gasteiger partial charge in [-0.15, -0.1) is 0 Å². The molecule has 1 amide bonds. The number of hydrogen-bond donors (Lipinski definition) is 4.